The second-order valence-electron chi connectivity index (χ2n) is 4.51. The average molecular weight is 279 g/mol. The summed E-state index contributed by atoms with van der Waals surface area (Å²) in [6, 6.07) is 5.43. The number of rotatable bonds is 4. The lowest BCUT2D eigenvalue weighted by Crippen LogP contribution is -2.36. The van der Waals surface area contributed by atoms with Crippen molar-refractivity contribution in [1.29, 1.82) is 0 Å². The van der Waals surface area contributed by atoms with Crippen LogP contribution in [0.5, 0.6) is 0 Å². The molecule has 1 atom stereocenters. The first kappa shape index (κ1) is 14.2. The summed E-state index contributed by atoms with van der Waals surface area (Å²) in [5.74, 6) is -2.41. The topological polar surface area (TPSA) is 77.8 Å². The van der Waals surface area contributed by atoms with E-state index in [4.69, 9.17) is 5.11 Å². The summed E-state index contributed by atoms with van der Waals surface area (Å²) in [4.78, 5) is 24.4. The molecule has 0 saturated carbocycles. The van der Waals surface area contributed by atoms with Crippen molar-refractivity contribution in [2.75, 3.05) is 13.2 Å². The minimum absolute atomic E-state index is 0.0102. The third kappa shape index (κ3) is 2.85. The van der Waals surface area contributed by atoms with Crippen LogP contribution >= 0.6 is 0 Å². The number of β-amino-alcohol motifs (C(OH)–C–C–N with tert-alkyl or cyclic N) is 1. The molecule has 106 valence electrons. The molecule has 5 nitrogen and oxygen atoms in total. The van der Waals surface area contributed by atoms with Crippen molar-refractivity contribution in [3.63, 3.8) is 0 Å². The fourth-order valence-electron chi connectivity index (χ4n) is 2.23. The molecule has 1 aromatic rings. The summed E-state index contributed by atoms with van der Waals surface area (Å²) in [6.07, 6.45) is 1.24. The normalized spacial score (nSPS) is 18.9. The molecular formula is C14H14FNO4. The number of carboxylic acid groups (broad SMARTS) is 1. The van der Waals surface area contributed by atoms with E-state index in [2.05, 4.69) is 0 Å². The van der Waals surface area contributed by atoms with E-state index in [0.717, 1.165) is 0 Å². The quantitative estimate of drug-likeness (QED) is 0.865. The zero-order chi connectivity index (χ0) is 14.7. The zero-order valence-electron chi connectivity index (χ0n) is 10.6. The molecular weight excluding hydrogens is 265 g/mol. The molecule has 0 bridgehead atoms. The summed E-state index contributed by atoms with van der Waals surface area (Å²) in [6.45, 7) is -0.178. The Bertz CT molecular complexity index is 553. The molecule has 0 fully saturated rings. The van der Waals surface area contributed by atoms with Gasteiger partial charge in [-0.25, -0.2) is 9.18 Å². The van der Waals surface area contributed by atoms with Gasteiger partial charge in [-0.3, -0.25) is 4.79 Å². The summed E-state index contributed by atoms with van der Waals surface area (Å²) < 4.78 is 12.9. The molecule has 0 saturated heterocycles. The first-order valence-corrected chi connectivity index (χ1v) is 6.13. The van der Waals surface area contributed by atoms with E-state index in [0.29, 0.717) is 5.56 Å². The number of carbonyl (C=O) groups is 2. The van der Waals surface area contributed by atoms with E-state index >= 15 is 0 Å². The fourth-order valence-corrected chi connectivity index (χ4v) is 2.23. The van der Waals surface area contributed by atoms with Gasteiger partial charge < -0.3 is 15.1 Å². The van der Waals surface area contributed by atoms with Gasteiger partial charge in [-0.2, -0.15) is 0 Å². The average Bonchev–Trinajstić information content (AvgIpc) is 2.41. The van der Waals surface area contributed by atoms with Crippen molar-refractivity contribution >= 4 is 11.9 Å². The van der Waals surface area contributed by atoms with Crippen LogP contribution in [0.4, 0.5) is 4.39 Å². The molecule has 1 unspecified atom stereocenters. The molecule has 20 heavy (non-hydrogen) atoms. The Morgan fingerprint density at radius 2 is 2.00 bits per heavy atom. The van der Waals surface area contributed by atoms with Gasteiger partial charge in [-0.15, -0.1) is 0 Å². The van der Waals surface area contributed by atoms with E-state index in [9.17, 15) is 19.1 Å². The monoisotopic (exact) mass is 279 g/mol. The third-order valence-electron chi connectivity index (χ3n) is 3.23. The number of aliphatic hydroxyl groups excluding tert-OH is 1. The van der Waals surface area contributed by atoms with Gasteiger partial charge in [0.25, 0.3) is 0 Å². The Kier molecular flexibility index (Phi) is 4.14. The highest BCUT2D eigenvalue weighted by Gasteiger charge is 2.32. The van der Waals surface area contributed by atoms with E-state index in [-0.39, 0.29) is 31.1 Å². The molecule has 1 aliphatic heterocycles. The first-order chi connectivity index (χ1) is 9.52. The number of hydrogen-bond donors (Lipinski definition) is 2. The molecule has 2 N–H and O–H groups in total. The van der Waals surface area contributed by atoms with E-state index in [1.807, 2.05) is 0 Å². The maximum Gasteiger partial charge on any atom is 0.333 e. The van der Waals surface area contributed by atoms with Gasteiger partial charge in [0.15, 0.2) is 0 Å². The SMILES string of the molecule is O=C(O)C1=CN(CCO)C(=O)CC1c1ccc(F)cc1. The minimum Gasteiger partial charge on any atom is -0.478 e. The van der Waals surface area contributed by atoms with Crippen LogP contribution in [-0.2, 0) is 9.59 Å². The Morgan fingerprint density at radius 1 is 1.35 bits per heavy atom. The van der Waals surface area contributed by atoms with Gasteiger partial charge >= 0.3 is 5.97 Å². The van der Waals surface area contributed by atoms with Crippen LogP contribution in [0.1, 0.15) is 17.9 Å². The zero-order valence-corrected chi connectivity index (χ0v) is 10.6. The molecule has 1 aromatic carbocycles. The highest BCUT2D eigenvalue weighted by atomic mass is 19.1. The maximum absolute atomic E-state index is 12.9. The molecule has 0 aliphatic carbocycles. The number of benzene rings is 1. The van der Waals surface area contributed by atoms with Crippen LogP contribution in [-0.4, -0.2) is 40.1 Å². The van der Waals surface area contributed by atoms with Crippen LogP contribution in [0, 0.1) is 5.82 Å². The van der Waals surface area contributed by atoms with Crippen molar-refractivity contribution < 1.29 is 24.2 Å². The van der Waals surface area contributed by atoms with Crippen LogP contribution < -0.4 is 0 Å². The van der Waals surface area contributed by atoms with E-state index in [1.54, 1.807) is 0 Å². The number of amides is 1. The molecule has 1 amide bonds. The number of carbonyl (C=O) groups excluding carboxylic acids is 1. The summed E-state index contributed by atoms with van der Waals surface area (Å²) in [5, 5.41) is 18.1. The standard InChI is InChI=1S/C14H14FNO4/c15-10-3-1-9(2-4-10)11-7-13(18)16(5-6-17)8-12(11)14(19)20/h1-4,8,11,17H,5-7H2,(H,19,20). The van der Waals surface area contributed by atoms with E-state index < -0.39 is 17.7 Å². The van der Waals surface area contributed by atoms with Crippen LogP contribution in [0.3, 0.4) is 0 Å². The van der Waals surface area contributed by atoms with Gasteiger partial charge in [0.1, 0.15) is 5.82 Å². The molecule has 1 aliphatic rings. The Balaban J connectivity index is 2.37. The number of hydrogen-bond acceptors (Lipinski definition) is 3. The van der Waals surface area contributed by atoms with Gasteiger partial charge in [0.05, 0.1) is 12.2 Å². The van der Waals surface area contributed by atoms with Crippen molar-refractivity contribution in [1.82, 2.24) is 4.90 Å². The lowest BCUT2D eigenvalue weighted by atomic mass is 9.86. The van der Waals surface area contributed by atoms with Gasteiger partial charge in [0.2, 0.25) is 5.91 Å². The molecule has 0 aromatic heterocycles. The van der Waals surface area contributed by atoms with Crippen molar-refractivity contribution in [2.24, 2.45) is 0 Å². The van der Waals surface area contributed by atoms with Crippen LogP contribution in [0.2, 0.25) is 0 Å². The Morgan fingerprint density at radius 3 is 2.55 bits per heavy atom. The van der Waals surface area contributed by atoms with Crippen LogP contribution in [0.15, 0.2) is 36.0 Å². The largest absolute Gasteiger partial charge is 0.478 e. The number of carboxylic acids is 1. The Labute approximate surface area is 114 Å². The van der Waals surface area contributed by atoms with Crippen molar-refractivity contribution in [3.8, 4) is 0 Å². The Hall–Kier alpha value is -2.21. The molecule has 2 rings (SSSR count). The predicted octanol–water partition coefficient (Wildman–Crippen LogP) is 1.10. The van der Waals surface area contributed by atoms with Gasteiger partial charge in [-0.1, -0.05) is 12.1 Å². The number of aliphatic hydroxyl groups is 1. The second kappa shape index (κ2) is 5.83. The number of nitrogens with zero attached hydrogens (tertiary/aromatic N) is 1. The number of aliphatic carboxylic acids is 1. The smallest absolute Gasteiger partial charge is 0.333 e. The van der Waals surface area contributed by atoms with E-state index in [1.165, 1.54) is 35.4 Å². The lowest BCUT2D eigenvalue weighted by molar-refractivity contribution is -0.134. The summed E-state index contributed by atoms with van der Waals surface area (Å²) >= 11 is 0. The fraction of sp³-hybridized carbons (Fsp3) is 0.286. The summed E-state index contributed by atoms with van der Waals surface area (Å²) in [5.41, 5.74) is 0.640. The highest BCUT2D eigenvalue weighted by molar-refractivity contribution is 5.93. The molecule has 0 spiro atoms. The maximum atomic E-state index is 12.9. The lowest BCUT2D eigenvalue weighted by Gasteiger charge is -2.29. The van der Waals surface area contributed by atoms with Gasteiger partial charge in [-0.05, 0) is 17.7 Å². The van der Waals surface area contributed by atoms with Gasteiger partial charge in [0, 0.05) is 25.1 Å². The first-order valence-electron chi connectivity index (χ1n) is 6.13. The molecule has 6 heteroatoms. The third-order valence-corrected chi connectivity index (χ3v) is 3.23. The minimum atomic E-state index is -1.13. The molecule has 1 heterocycles. The summed E-state index contributed by atoms with van der Waals surface area (Å²) in [7, 11) is 0. The van der Waals surface area contributed by atoms with Crippen molar-refractivity contribution in [3.05, 3.63) is 47.4 Å². The number of halogens is 1. The predicted molar refractivity (Wildman–Crippen MR) is 68.3 cm³/mol. The second-order valence-corrected chi connectivity index (χ2v) is 4.51. The van der Waals surface area contributed by atoms with Crippen molar-refractivity contribution in [2.45, 2.75) is 12.3 Å². The highest BCUT2D eigenvalue weighted by Crippen LogP contribution is 2.32. The van der Waals surface area contributed by atoms with Crippen LogP contribution in [0.25, 0.3) is 0 Å². The molecule has 0 radical (unpaired) electrons.